The van der Waals surface area contributed by atoms with E-state index in [1.807, 2.05) is 13.0 Å². The molecule has 18 heavy (non-hydrogen) atoms. The lowest BCUT2D eigenvalue weighted by Gasteiger charge is -2.12. The smallest absolute Gasteiger partial charge is 0.124 e. The fourth-order valence-electron chi connectivity index (χ4n) is 1.56. The zero-order valence-corrected chi connectivity index (χ0v) is 11.9. The lowest BCUT2D eigenvalue weighted by atomic mass is 10.3. The maximum absolute atomic E-state index is 13.0. The molecular formula is C14H22FNOS. The molecule has 0 bridgehead atoms. The first-order valence-electron chi connectivity index (χ1n) is 6.43. The second-order valence-electron chi connectivity index (χ2n) is 4.14. The molecule has 0 amide bonds. The van der Waals surface area contributed by atoms with Crippen molar-refractivity contribution in [3.05, 3.63) is 30.1 Å². The zero-order valence-electron chi connectivity index (χ0n) is 11.1. The Hall–Kier alpha value is -0.580. The molecule has 4 heteroatoms. The molecule has 1 N–H and O–H groups in total. The van der Waals surface area contributed by atoms with Crippen LogP contribution in [0.25, 0.3) is 0 Å². The molecule has 1 atom stereocenters. The highest BCUT2D eigenvalue weighted by molar-refractivity contribution is 8.00. The predicted molar refractivity (Wildman–Crippen MR) is 75.7 cm³/mol. The number of hydrogen-bond donors (Lipinski definition) is 1. The molecule has 0 aliphatic carbocycles. The van der Waals surface area contributed by atoms with E-state index >= 15 is 0 Å². The Morgan fingerprint density at radius 1 is 1.44 bits per heavy atom. The maximum Gasteiger partial charge on any atom is 0.124 e. The van der Waals surface area contributed by atoms with Crippen molar-refractivity contribution in [2.45, 2.75) is 30.4 Å². The van der Waals surface area contributed by atoms with Crippen molar-refractivity contribution in [1.29, 1.82) is 0 Å². The van der Waals surface area contributed by atoms with Crippen LogP contribution >= 0.6 is 11.8 Å². The van der Waals surface area contributed by atoms with Crippen molar-refractivity contribution in [2.24, 2.45) is 0 Å². The highest BCUT2D eigenvalue weighted by Gasteiger charge is 2.04. The molecule has 0 fully saturated rings. The van der Waals surface area contributed by atoms with Crippen LogP contribution < -0.4 is 5.32 Å². The summed E-state index contributed by atoms with van der Waals surface area (Å²) < 4.78 is 18.3. The van der Waals surface area contributed by atoms with Gasteiger partial charge in [0.2, 0.25) is 0 Å². The van der Waals surface area contributed by atoms with Gasteiger partial charge >= 0.3 is 0 Å². The van der Waals surface area contributed by atoms with Gasteiger partial charge in [0.15, 0.2) is 0 Å². The molecule has 1 aromatic carbocycles. The van der Waals surface area contributed by atoms with E-state index in [0.717, 1.165) is 37.6 Å². The molecule has 0 saturated carbocycles. The Morgan fingerprint density at radius 3 is 3.00 bits per heavy atom. The number of hydrogen-bond acceptors (Lipinski definition) is 3. The van der Waals surface area contributed by atoms with Crippen LogP contribution in [0.4, 0.5) is 4.39 Å². The molecule has 0 radical (unpaired) electrons. The van der Waals surface area contributed by atoms with Crippen molar-refractivity contribution < 1.29 is 9.13 Å². The fourth-order valence-corrected chi connectivity index (χ4v) is 2.57. The van der Waals surface area contributed by atoms with Crippen molar-refractivity contribution in [3.63, 3.8) is 0 Å². The van der Waals surface area contributed by atoms with Gasteiger partial charge in [-0.3, -0.25) is 0 Å². The van der Waals surface area contributed by atoms with Crippen molar-refractivity contribution in [3.8, 4) is 0 Å². The maximum atomic E-state index is 13.0. The van der Waals surface area contributed by atoms with Gasteiger partial charge in [0.1, 0.15) is 5.82 Å². The Kier molecular flexibility index (Phi) is 8.05. The summed E-state index contributed by atoms with van der Waals surface area (Å²) in [5, 5.41) is 3.81. The summed E-state index contributed by atoms with van der Waals surface area (Å²) in [6.45, 7) is 7.64. The number of thioether (sulfide) groups is 1. The number of benzene rings is 1. The highest BCUT2D eigenvalue weighted by Crippen LogP contribution is 2.23. The molecule has 0 aromatic heterocycles. The van der Waals surface area contributed by atoms with Crippen LogP contribution in [0.5, 0.6) is 0 Å². The summed E-state index contributed by atoms with van der Waals surface area (Å²) in [7, 11) is 0. The first kappa shape index (κ1) is 15.5. The molecule has 1 unspecified atom stereocenters. The molecular weight excluding hydrogens is 249 g/mol. The quantitative estimate of drug-likeness (QED) is 0.550. The third kappa shape index (κ3) is 6.99. The number of rotatable bonds is 9. The fraction of sp³-hybridized carbons (Fsp3) is 0.571. The lowest BCUT2D eigenvalue weighted by Crippen LogP contribution is -2.24. The van der Waals surface area contributed by atoms with Gasteiger partial charge in [0, 0.05) is 29.9 Å². The summed E-state index contributed by atoms with van der Waals surface area (Å²) in [6, 6.07) is 6.75. The number of nitrogens with one attached hydrogen (secondary N) is 1. The average molecular weight is 271 g/mol. The molecule has 0 aliphatic rings. The van der Waals surface area contributed by atoms with E-state index in [1.54, 1.807) is 23.9 Å². The Bertz CT molecular complexity index is 335. The second kappa shape index (κ2) is 9.36. The summed E-state index contributed by atoms with van der Waals surface area (Å²) in [5.74, 6) is -0.170. The van der Waals surface area contributed by atoms with E-state index in [1.165, 1.54) is 6.07 Å². The third-order valence-corrected chi connectivity index (χ3v) is 3.51. The highest BCUT2D eigenvalue weighted by atomic mass is 32.2. The SMILES string of the molecule is CCOCCCNCC(C)Sc1cccc(F)c1. The minimum Gasteiger partial charge on any atom is -0.382 e. The van der Waals surface area contributed by atoms with Gasteiger partial charge < -0.3 is 10.1 Å². The lowest BCUT2D eigenvalue weighted by molar-refractivity contribution is 0.145. The van der Waals surface area contributed by atoms with E-state index in [4.69, 9.17) is 4.74 Å². The van der Waals surface area contributed by atoms with Crippen molar-refractivity contribution in [2.75, 3.05) is 26.3 Å². The van der Waals surface area contributed by atoms with Gasteiger partial charge in [0.05, 0.1) is 0 Å². The Balaban J connectivity index is 2.12. The minimum atomic E-state index is -0.170. The van der Waals surface area contributed by atoms with Gasteiger partial charge in [-0.05, 0) is 38.1 Å². The van der Waals surface area contributed by atoms with Crippen LogP contribution in [0, 0.1) is 5.82 Å². The van der Waals surface area contributed by atoms with Crippen LogP contribution in [-0.2, 0) is 4.74 Å². The average Bonchev–Trinajstić information content (AvgIpc) is 2.33. The van der Waals surface area contributed by atoms with Crippen LogP contribution in [0.1, 0.15) is 20.3 Å². The molecule has 102 valence electrons. The van der Waals surface area contributed by atoms with E-state index in [0.29, 0.717) is 5.25 Å². The topological polar surface area (TPSA) is 21.3 Å². The van der Waals surface area contributed by atoms with Crippen LogP contribution in [-0.4, -0.2) is 31.6 Å². The standard InChI is InChI=1S/C14H22FNOS/c1-3-17-9-5-8-16-11-12(2)18-14-7-4-6-13(15)10-14/h4,6-7,10,12,16H,3,5,8-9,11H2,1-2H3. The summed E-state index contributed by atoms with van der Waals surface area (Å²) in [6.07, 6.45) is 1.03. The van der Waals surface area contributed by atoms with Gasteiger partial charge in [-0.15, -0.1) is 11.8 Å². The van der Waals surface area contributed by atoms with Gasteiger partial charge in [-0.2, -0.15) is 0 Å². The van der Waals surface area contributed by atoms with E-state index in [-0.39, 0.29) is 5.82 Å². The normalized spacial score (nSPS) is 12.6. The van der Waals surface area contributed by atoms with Crippen molar-refractivity contribution in [1.82, 2.24) is 5.32 Å². The second-order valence-corrected chi connectivity index (χ2v) is 5.65. The zero-order chi connectivity index (χ0) is 13.2. The number of halogens is 1. The van der Waals surface area contributed by atoms with E-state index < -0.39 is 0 Å². The Morgan fingerprint density at radius 2 is 2.28 bits per heavy atom. The Labute approximate surface area is 113 Å². The van der Waals surface area contributed by atoms with Crippen molar-refractivity contribution >= 4 is 11.8 Å². The van der Waals surface area contributed by atoms with Gasteiger partial charge in [-0.25, -0.2) is 4.39 Å². The van der Waals surface area contributed by atoms with Crippen LogP contribution in [0.2, 0.25) is 0 Å². The minimum absolute atomic E-state index is 0.170. The van der Waals surface area contributed by atoms with Gasteiger partial charge in [0.25, 0.3) is 0 Å². The molecule has 0 spiro atoms. The summed E-state index contributed by atoms with van der Waals surface area (Å²) in [5.41, 5.74) is 0. The van der Waals surface area contributed by atoms with Gasteiger partial charge in [-0.1, -0.05) is 13.0 Å². The van der Waals surface area contributed by atoms with Crippen LogP contribution in [0.15, 0.2) is 29.2 Å². The molecule has 1 rings (SSSR count). The predicted octanol–water partition coefficient (Wildman–Crippen LogP) is 3.32. The first-order valence-corrected chi connectivity index (χ1v) is 7.31. The molecule has 2 nitrogen and oxygen atoms in total. The summed E-state index contributed by atoms with van der Waals surface area (Å²) in [4.78, 5) is 0.985. The molecule has 0 heterocycles. The van der Waals surface area contributed by atoms with E-state index in [2.05, 4.69) is 12.2 Å². The molecule has 0 saturated heterocycles. The first-order chi connectivity index (χ1) is 8.72. The largest absolute Gasteiger partial charge is 0.382 e. The molecule has 1 aromatic rings. The molecule has 0 aliphatic heterocycles. The number of ether oxygens (including phenoxy) is 1. The monoisotopic (exact) mass is 271 g/mol. The summed E-state index contributed by atoms with van der Waals surface area (Å²) >= 11 is 1.69. The van der Waals surface area contributed by atoms with Crippen LogP contribution in [0.3, 0.4) is 0 Å². The van der Waals surface area contributed by atoms with E-state index in [9.17, 15) is 4.39 Å². The third-order valence-electron chi connectivity index (χ3n) is 2.41.